The summed E-state index contributed by atoms with van der Waals surface area (Å²) in [5.41, 5.74) is 3.81. The number of nitrogens with one attached hydrogen (secondary N) is 2. The first-order chi connectivity index (χ1) is 18.4. The molecular weight excluding hydrogens is 484 g/mol. The molecule has 0 aliphatic carbocycles. The van der Waals surface area contributed by atoms with Crippen LogP contribution in [0.25, 0.3) is 28.2 Å². The number of ether oxygens (including phenoxy) is 4. The van der Waals surface area contributed by atoms with Crippen LogP contribution in [0.3, 0.4) is 0 Å². The third kappa shape index (κ3) is 5.25. The molecule has 2 aromatic heterocycles. The van der Waals surface area contributed by atoms with E-state index in [0.29, 0.717) is 34.2 Å². The van der Waals surface area contributed by atoms with Gasteiger partial charge in [-0.1, -0.05) is 12.1 Å². The van der Waals surface area contributed by atoms with E-state index >= 15 is 0 Å². The molecule has 2 N–H and O–H groups in total. The van der Waals surface area contributed by atoms with Gasteiger partial charge in [-0.25, -0.2) is 4.98 Å². The zero-order valence-electron chi connectivity index (χ0n) is 21.8. The van der Waals surface area contributed by atoms with Gasteiger partial charge in [0.05, 0.1) is 34.5 Å². The van der Waals surface area contributed by atoms with Crippen LogP contribution in [0.1, 0.15) is 24.1 Å². The lowest BCUT2D eigenvalue weighted by atomic mass is 10.0. The van der Waals surface area contributed by atoms with Crippen LogP contribution in [0.4, 0.5) is 0 Å². The van der Waals surface area contributed by atoms with E-state index in [9.17, 15) is 10.1 Å². The summed E-state index contributed by atoms with van der Waals surface area (Å²) in [5, 5.41) is 13.4. The summed E-state index contributed by atoms with van der Waals surface area (Å²) in [7, 11) is 6.28. The predicted octanol–water partition coefficient (Wildman–Crippen LogP) is 5.05. The monoisotopic (exact) mass is 512 g/mol. The number of methoxy groups -OCH3 is 4. The first-order valence-corrected chi connectivity index (χ1v) is 11.8. The van der Waals surface area contributed by atoms with E-state index in [1.165, 1.54) is 0 Å². The highest BCUT2D eigenvalue weighted by Crippen LogP contribution is 2.34. The Morgan fingerprint density at radius 1 is 0.947 bits per heavy atom. The Labute approximate surface area is 220 Å². The van der Waals surface area contributed by atoms with Crippen LogP contribution in [-0.4, -0.2) is 44.3 Å². The number of aromatic nitrogens is 2. The molecule has 2 heterocycles. The molecule has 4 aromatic rings. The molecule has 0 saturated carbocycles. The average Bonchev–Trinajstić information content (AvgIpc) is 3.36. The van der Waals surface area contributed by atoms with Crippen LogP contribution in [-0.2, 0) is 4.79 Å². The summed E-state index contributed by atoms with van der Waals surface area (Å²) in [6, 6.07) is 14.6. The van der Waals surface area contributed by atoms with Crippen molar-refractivity contribution in [3.05, 3.63) is 71.6 Å². The highest BCUT2D eigenvalue weighted by atomic mass is 16.5. The third-order valence-corrected chi connectivity index (χ3v) is 6.20. The van der Waals surface area contributed by atoms with E-state index in [1.807, 2.05) is 43.3 Å². The van der Waals surface area contributed by atoms with Gasteiger partial charge in [0.2, 0.25) is 0 Å². The second-order valence-corrected chi connectivity index (χ2v) is 8.41. The van der Waals surface area contributed by atoms with Crippen molar-refractivity contribution >= 4 is 23.0 Å². The maximum absolute atomic E-state index is 13.0. The van der Waals surface area contributed by atoms with Gasteiger partial charge in [-0.2, -0.15) is 5.26 Å². The van der Waals surface area contributed by atoms with Gasteiger partial charge in [-0.3, -0.25) is 4.79 Å². The minimum absolute atomic E-state index is 0.0326. The van der Waals surface area contributed by atoms with Gasteiger partial charge < -0.3 is 29.2 Å². The van der Waals surface area contributed by atoms with E-state index in [1.54, 1.807) is 59.0 Å². The molecule has 0 radical (unpaired) electrons. The summed E-state index contributed by atoms with van der Waals surface area (Å²) >= 11 is 0. The molecule has 194 valence electrons. The van der Waals surface area contributed by atoms with Gasteiger partial charge in [0.15, 0.2) is 23.0 Å². The summed E-state index contributed by atoms with van der Waals surface area (Å²) in [6.07, 6.45) is 5.02. The lowest BCUT2D eigenvalue weighted by Gasteiger charge is -2.16. The zero-order chi connectivity index (χ0) is 27.2. The fourth-order valence-electron chi connectivity index (χ4n) is 4.10. The number of benzene rings is 2. The summed E-state index contributed by atoms with van der Waals surface area (Å²) in [4.78, 5) is 20.6. The fourth-order valence-corrected chi connectivity index (χ4v) is 4.10. The molecule has 9 nitrogen and oxygen atoms in total. The SMILES string of the molecule is COc1ccc(-c2cnc3[nH]cc(/C=C(/C#N)C(=O)N[C@H](C)c4ccc(OC)c(OC)c4)c3c2)cc1OC. The molecule has 0 aliphatic heterocycles. The van der Waals surface area contributed by atoms with Crippen molar-refractivity contribution in [2.75, 3.05) is 28.4 Å². The molecule has 1 atom stereocenters. The van der Waals surface area contributed by atoms with E-state index in [4.69, 9.17) is 18.9 Å². The minimum Gasteiger partial charge on any atom is -0.493 e. The number of H-pyrrole nitrogens is 1. The lowest BCUT2D eigenvalue weighted by molar-refractivity contribution is -0.117. The number of nitriles is 1. The van der Waals surface area contributed by atoms with Crippen molar-refractivity contribution in [3.8, 4) is 40.2 Å². The van der Waals surface area contributed by atoms with Crippen LogP contribution in [0.5, 0.6) is 23.0 Å². The average molecular weight is 513 g/mol. The number of carbonyl (C=O) groups is 1. The minimum atomic E-state index is -0.492. The highest BCUT2D eigenvalue weighted by molar-refractivity contribution is 6.04. The van der Waals surface area contributed by atoms with Crippen molar-refractivity contribution in [2.24, 2.45) is 0 Å². The number of carbonyl (C=O) groups excluding carboxylic acids is 1. The highest BCUT2D eigenvalue weighted by Gasteiger charge is 2.17. The van der Waals surface area contributed by atoms with Crippen LogP contribution >= 0.6 is 0 Å². The molecule has 0 aliphatic rings. The number of pyridine rings is 1. The largest absolute Gasteiger partial charge is 0.493 e. The Morgan fingerprint density at radius 2 is 1.61 bits per heavy atom. The lowest BCUT2D eigenvalue weighted by Crippen LogP contribution is -2.27. The maximum atomic E-state index is 13.0. The molecule has 1 amide bonds. The van der Waals surface area contributed by atoms with Gasteiger partial charge in [0.1, 0.15) is 17.3 Å². The summed E-state index contributed by atoms with van der Waals surface area (Å²) in [6.45, 7) is 1.83. The van der Waals surface area contributed by atoms with Gasteiger partial charge in [-0.15, -0.1) is 0 Å². The van der Waals surface area contributed by atoms with E-state index in [-0.39, 0.29) is 11.6 Å². The van der Waals surface area contributed by atoms with Crippen molar-refractivity contribution in [2.45, 2.75) is 13.0 Å². The van der Waals surface area contributed by atoms with Crippen molar-refractivity contribution < 1.29 is 23.7 Å². The molecule has 9 heteroatoms. The van der Waals surface area contributed by atoms with E-state index in [0.717, 1.165) is 22.1 Å². The van der Waals surface area contributed by atoms with Crippen LogP contribution in [0.2, 0.25) is 0 Å². The zero-order valence-corrected chi connectivity index (χ0v) is 21.8. The Balaban J connectivity index is 1.61. The van der Waals surface area contributed by atoms with Crippen LogP contribution in [0.15, 0.2) is 60.4 Å². The Hall–Kier alpha value is -4.97. The van der Waals surface area contributed by atoms with E-state index < -0.39 is 5.91 Å². The molecule has 0 spiro atoms. The summed E-state index contributed by atoms with van der Waals surface area (Å²) in [5.74, 6) is 1.88. The maximum Gasteiger partial charge on any atom is 0.262 e. The van der Waals surface area contributed by atoms with Crippen LogP contribution in [0, 0.1) is 11.3 Å². The first-order valence-electron chi connectivity index (χ1n) is 11.8. The molecule has 0 bridgehead atoms. The normalized spacial score (nSPS) is 11.9. The number of hydrogen-bond donors (Lipinski definition) is 2. The van der Waals surface area contributed by atoms with E-state index in [2.05, 4.69) is 15.3 Å². The van der Waals surface area contributed by atoms with Crippen molar-refractivity contribution in [1.82, 2.24) is 15.3 Å². The number of nitrogens with zero attached hydrogens (tertiary/aromatic N) is 2. The Kier molecular flexibility index (Phi) is 7.83. The number of aromatic amines is 1. The van der Waals surface area contributed by atoms with Gasteiger partial charge in [0, 0.05) is 28.9 Å². The molecule has 4 rings (SSSR count). The molecular formula is C29H28N4O5. The number of hydrogen-bond acceptors (Lipinski definition) is 7. The van der Waals surface area contributed by atoms with Crippen molar-refractivity contribution in [1.29, 1.82) is 5.26 Å². The smallest absolute Gasteiger partial charge is 0.262 e. The molecule has 0 fully saturated rings. The second-order valence-electron chi connectivity index (χ2n) is 8.41. The summed E-state index contributed by atoms with van der Waals surface area (Å²) < 4.78 is 21.4. The second kappa shape index (κ2) is 11.4. The van der Waals surface area contributed by atoms with Gasteiger partial charge >= 0.3 is 0 Å². The standard InChI is InChI=1S/C29H28N4O5/c1-17(18-6-8-24(35-2)26(12-18)37-4)33-29(34)20(14-30)10-22-16-32-28-23(22)11-21(15-31-28)19-7-9-25(36-3)27(13-19)38-5/h6-13,15-17H,1-5H3,(H,31,32)(H,33,34)/b20-10-/t17-/m1/s1. The molecule has 2 aromatic carbocycles. The molecule has 38 heavy (non-hydrogen) atoms. The predicted molar refractivity (Wildman–Crippen MR) is 144 cm³/mol. The van der Waals surface area contributed by atoms with Crippen LogP contribution < -0.4 is 24.3 Å². The quantitative estimate of drug-likeness (QED) is 0.238. The van der Waals surface area contributed by atoms with Crippen molar-refractivity contribution in [3.63, 3.8) is 0 Å². The number of rotatable bonds is 9. The number of amides is 1. The number of fused-ring (bicyclic) bond motifs is 1. The third-order valence-electron chi connectivity index (χ3n) is 6.20. The van der Waals surface area contributed by atoms with Gasteiger partial charge in [-0.05, 0) is 54.5 Å². The molecule has 0 saturated heterocycles. The fraction of sp³-hybridized carbons (Fsp3) is 0.207. The topological polar surface area (TPSA) is 118 Å². The first kappa shape index (κ1) is 26.1. The Morgan fingerprint density at radius 3 is 2.26 bits per heavy atom. The molecule has 0 unspecified atom stereocenters. The van der Waals surface area contributed by atoms with Gasteiger partial charge in [0.25, 0.3) is 5.91 Å². The Bertz CT molecular complexity index is 1550.